The molecule has 0 aliphatic rings. The van der Waals surface area contributed by atoms with Crippen LogP contribution < -0.4 is 4.90 Å². The number of rotatable bonds is 4. The largest absolute Gasteiger partial charge is 0.481 e. The Hall–Kier alpha value is -1.99. The Bertz CT molecular complexity index is 642. The van der Waals surface area contributed by atoms with Crippen molar-refractivity contribution in [2.45, 2.75) is 13.3 Å². The molecule has 6 nitrogen and oxygen atoms in total. The molecule has 0 unspecified atom stereocenters. The predicted molar refractivity (Wildman–Crippen MR) is 75.5 cm³/mol. The van der Waals surface area contributed by atoms with Crippen LogP contribution in [0.2, 0.25) is 5.02 Å². The Morgan fingerprint density at radius 1 is 1.45 bits per heavy atom. The molecule has 0 saturated carbocycles. The molecule has 2 rings (SSSR count). The van der Waals surface area contributed by atoms with Gasteiger partial charge in [-0.3, -0.25) is 9.59 Å². The summed E-state index contributed by atoms with van der Waals surface area (Å²) in [6, 6.07) is 3.22. The molecule has 1 amide bonds. The first-order valence-electron chi connectivity index (χ1n) is 5.56. The van der Waals surface area contributed by atoms with Crippen LogP contribution in [-0.4, -0.2) is 27.0 Å². The van der Waals surface area contributed by atoms with E-state index in [-0.39, 0.29) is 12.3 Å². The van der Waals surface area contributed by atoms with Crippen LogP contribution in [0, 0.1) is 0 Å². The van der Waals surface area contributed by atoms with Gasteiger partial charge in [0.1, 0.15) is 5.82 Å². The summed E-state index contributed by atoms with van der Waals surface area (Å²) < 4.78 is 0. The maximum atomic E-state index is 11.8. The fourth-order valence-corrected chi connectivity index (χ4v) is 2.52. The smallest absolute Gasteiger partial charge is 0.309 e. The van der Waals surface area contributed by atoms with Gasteiger partial charge in [0.15, 0.2) is 5.13 Å². The van der Waals surface area contributed by atoms with E-state index in [0.717, 1.165) is 0 Å². The van der Waals surface area contributed by atoms with Gasteiger partial charge in [0.2, 0.25) is 5.91 Å². The Balaban J connectivity index is 2.33. The number of carboxylic acid groups (broad SMARTS) is 1. The van der Waals surface area contributed by atoms with Gasteiger partial charge in [0.25, 0.3) is 0 Å². The van der Waals surface area contributed by atoms with Crippen LogP contribution in [0.3, 0.4) is 0 Å². The SMILES string of the molecule is CC(=O)N(c1ccc(Cl)cn1)c1nc(CC(=O)O)cs1. The number of carbonyl (C=O) groups is 2. The van der Waals surface area contributed by atoms with Crippen molar-refractivity contribution in [2.75, 3.05) is 4.90 Å². The average molecular weight is 312 g/mol. The van der Waals surface area contributed by atoms with Crippen LogP contribution in [0.4, 0.5) is 10.9 Å². The highest BCUT2D eigenvalue weighted by molar-refractivity contribution is 7.14. The minimum absolute atomic E-state index is 0.184. The van der Waals surface area contributed by atoms with E-state index in [1.807, 2.05) is 0 Å². The average Bonchev–Trinajstić information content (AvgIpc) is 2.79. The number of pyridine rings is 1. The van der Waals surface area contributed by atoms with Crippen molar-refractivity contribution < 1.29 is 14.7 Å². The molecule has 0 aliphatic heterocycles. The number of amides is 1. The summed E-state index contributed by atoms with van der Waals surface area (Å²) in [5, 5.41) is 11.2. The molecule has 0 aliphatic carbocycles. The van der Waals surface area contributed by atoms with Crippen molar-refractivity contribution >= 4 is 45.8 Å². The first-order chi connectivity index (χ1) is 9.47. The van der Waals surface area contributed by atoms with E-state index in [0.29, 0.717) is 21.7 Å². The molecule has 2 aromatic heterocycles. The second kappa shape index (κ2) is 5.98. The fourth-order valence-electron chi connectivity index (χ4n) is 1.53. The van der Waals surface area contributed by atoms with Crippen LogP contribution in [-0.2, 0) is 16.0 Å². The molecule has 1 N–H and O–H groups in total. The molecule has 20 heavy (non-hydrogen) atoms. The van der Waals surface area contributed by atoms with E-state index in [4.69, 9.17) is 16.7 Å². The Kier molecular flexibility index (Phi) is 4.31. The maximum Gasteiger partial charge on any atom is 0.309 e. The molecule has 2 aromatic rings. The topological polar surface area (TPSA) is 83.4 Å². The molecule has 2 heterocycles. The van der Waals surface area contributed by atoms with E-state index in [1.54, 1.807) is 17.5 Å². The quantitative estimate of drug-likeness (QED) is 0.938. The number of carbonyl (C=O) groups excluding carboxylic acids is 1. The first kappa shape index (κ1) is 14.4. The maximum absolute atomic E-state index is 11.8. The Morgan fingerprint density at radius 2 is 2.20 bits per heavy atom. The zero-order chi connectivity index (χ0) is 14.7. The van der Waals surface area contributed by atoms with E-state index < -0.39 is 5.97 Å². The van der Waals surface area contributed by atoms with Crippen molar-refractivity contribution in [1.29, 1.82) is 0 Å². The van der Waals surface area contributed by atoms with Crippen LogP contribution in [0.15, 0.2) is 23.7 Å². The lowest BCUT2D eigenvalue weighted by Gasteiger charge is -2.16. The highest BCUT2D eigenvalue weighted by Crippen LogP contribution is 2.28. The van der Waals surface area contributed by atoms with E-state index in [2.05, 4.69) is 9.97 Å². The van der Waals surface area contributed by atoms with Gasteiger partial charge in [-0.1, -0.05) is 11.6 Å². The summed E-state index contributed by atoms with van der Waals surface area (Å²) in [6.45, 7) is 1.38. The molecule has 0 fully saturated rings. The Labute approximate surface area is 123 Å². The summed E-state index contributed by atoms with van der Waals surface area (Å²) in [5.74, 6) is -0.852. The van der Waals surface area contributed by atoms with Gasteiger partial charge in [-0.05, 0) is 12.1 Å². The van der Waals surface area contributed by atoms with Crippen LogP contribution >= 0.6 is 22.9 Å². The predicted octanol–water partition coefficient (Wildman–Crippen LogP) is 2.50. The zero-order valence-corrected chi connectivity index (χ0v) is 12.0. The number of nitrogens with zero attached hydrogens (tertiary/aromatic N) is 3. The molecule has 0 radical (unpaired) electrons. The highest BCUT2D eigenvalue weighted by Gasteiger charge is 2.19. The van der Waals surface area contributed by atoms with Crippen LogP contribution in [0.1, 0.15) is 12.6 Å². The third-order valence-corrected chi connectivity index (χ3v) is 3.42. The first-order valence-corrected chi connectivity index (χ1v) is 6.81. The molecule has 0 spiro atoms. The molecule has 0 atom stereocenters. The Morgan fingerprint density at radius 3 is 2.75 bits per heavy atom. The third kappa shape index (κ3) is 3.31. The molecule has 0 saturated heterocycles. The van der Waals surface area contributed by atoms with E-state index in [1.165, 1.54) is 29.4 Å². The second-order valence-corrected chi connectivity index (χ2v) is 5.15. The normalized spacial score (nSPS) is 10.3. The third-order valence-electron chi connectivity index (χ3n) is 2.32. The van der Waals surface area contributed by atoms with Gasteiger partial charge in [0.05, 0.1) is 17.1 Å². The lowest BCUT2D eigenvalue weighted by atomic mass is 10.3. The van der Waals surface area contributed by atoms with Crippen LogP contribution in [0.5, 0.6) is 0 Å². The fraction of sp³-hybridized carbons (Fsp3) is 0.167. The number of halogens is 1. The standard InChI is InChI=1S/C12H10ClN3O3S/c1-7(17)16(10-3-2-8(13)5-14-10)12-15-9(6-20-12)4-11(18)19/h2-3,5-6H,4H2,1H3,(H,18,19). The molecular formula is C12H10ClN3O3S. The lowest BCUT2D eigenvalue weighted by molar-refractivity contribution is -0.136. The molecular weight excluding hydrogens is 302 g/mol. The molecule has 8 heteroatoms. The van der Waals surface area contributed by atoms with Gasteiger partial charge >= 0.3 is 5.97 Å². The van der Waals surface area contributed by atoms with Crippen molar-refractivity contribution in [3.8, 4) is 0 Å². The number of aliphatic carboxylic acids is 1. The molecule has 104 valence electrons. The number of thiazole rings is 1. The minimum atomic E-state index is -0.971. The molecule has 0 bridgehead atoms. The van der Waals surface area contributed by atoms with Crippen molar-refractivity contribution in [3.05, 3.63) is 34.4 Å². The summed E-state index contributed by atoms with van der Waals surface area (Å²) in [5.41, 5.74) is 0.401. The van der Waals surface area contributed by atoms with Gasteiger partial charge in [-0.15, -0.1) is 11.3 Å². The number of anilines is 2. The minimum Gasteiger partial charge on any atom is -0.481 e. The molecule has 0 aromatic carbocycles. The van der Waals surface area contributed by atoms with Gasteiger partial charge in [-0.2, -0.15) is 0 Å². The van der Waals surface area contributed by atoms with Crippen molar-refractivity contribution in [2.24, 2.45) is 0 Å². The summed E-state index contributed by atoms with van der Waals surface area (Å²) in [7, 11) is 0. The monoisotopic (exact) mass is 311 g/mol. The van der Waals surface area contributed by atoms with Crippen molar-refractivity contribution in [3.63, 3.8) is 0 Å². The van der Waals surface area contributed by atoms with Gasteiger partial charge < -0.3 is 5.11 Å². The zero-order valence-electron chi connectivity index (χ0n) is 10.4. The second-order valence-electron chi connectivity index (χ2n) is 3.88. The van der Waals surface area contributed by atoms with E-state index in [9.17, 15) is 9.59 Å². The van der Waals surface area contributed by atoms with Gasteiger partial charge in [-0.25, -0.2) is 14.9 Å². The number of carboxylic acids is 1. The van der Waals surface area contributed by atoms with Crippen LogP contribution in [0.25, 0.3) is 0 Å². The lowest BCUT2D eigenvalue weighted by Crippen LogP contribution is -2.23. The number of hydrogen-bond donors (Lipinski definition) is 1. The highest BCUT2D eigenvalue weighted by atomic mass is 35.5. The van der Waals surface area contributed by atoms with Crippen molar-refractivity contribution in [1.82, 2.24) is 9.97 Å². The number of hydrogen-bond acceptors (Lipinski definition) is 5. The van der Waals surface area contributed by atoms with E-state index >= 15 is 0 Å². The van der Waals surface area contributed by atoms with Gasteiger partial charge in [0, 0.05) is 18.5 Å². The summed E-state index contributed by atoms with van der Waals surface area (Å²) in [6.07, 6.45) is 1.24. The summed E-state index contributed by atoms with van der Waals surface area (Å²) in [4.78, 5) is 31.9. The number of aromatic nitrogens is 2. The summed E-state index contributed by atoms with van der Waals surface area (Å²) >= 11 is 6.94.